The fourth-order valence-corrected chi connectivity index (χ4v) is 3.91. The number of hydrogen-bond acceptors (Lipinski definition) is 5. The first-order valence-corrected chi connectivity index (χ1v) is 9.98. The van der Waals surface area contributed by atoms with Gasteiger partial charge in [-0.2, -0.15) is 0 Å². The maximum Gasteiger partial charge on any atom is 0.313 e. The van der Waals surface area contributed by atoms with Crippen LogP contribution in [-0.4, -0.2) is 36.5 Å². The SMILES string of the molecule is COC(=O)C(c1ccc(CN2N=C(C(C)(C)C)OCC2=O)cc1)C1CCCC1. The van der Waals surface area contributed by atoms with Crippen LogP contribution in [-0.2, 0) is 25.6 Å². The Balaban J connectivity index is 1.76. The molecule has 0 aromatic heterocycles. The number of benzene rings is 1. The van der Waals surface area contributed by atoms with E-state index >= 15 is 0 Å². The summed E-state index contributed by atoms with van der Waals surface area (Å²) in [5.74, 6) is 0.378. The van der Waals surface area contributed by atoms with Crippen LogP contribution in [0.2, 0.25) is 0 Å². The molecule has 6 nitrogen and oxygen atoms in total. The molecule has 3 rings (SSSR count). The highest BCUT2D eigenvalue weighted by Gasteiger charge is 2.33. The van der Waals surface area contributed by atoms with Gasteiger partial charge in [0.25, 0.3) is 5.91 Å². The lowest BCUT2D eigenvalue weighted by Gasteiger charge is -2.29. The van der Waals surface area contributed by atoms with Gasteiger partial charge in [-0.05, 0) is 29.9 Å². The van der Waals surface area contributed by atoms with Crippen molar-refractivity contribution in [1.82, 2.24) is 5.01 Å². The number of nitrogens with zero attached hydrogens (tertiary/aromatic N) is 2. The molecule has 152 valence electrons. The molecular formula is C22H30N2O4. The number of esters is 1. The summed E-state index contributed by atoms with van der Waals surface area (Å²) in [6, 6.07) is 7.90. The minimum Gasteiger partial charge on any atom is -0.469 e. The second-order valence-corrected chi connectivity index (χ2v) is 8.68. The Morgan fingerprint density at radius 1 is 1.25 bits per heavy atom. The summed E-state index contributed by atoms with van der Waals surface area (Å²) < 4.78 is 10.5. The molecule has 2 aliphatic rings. The number of amides is 1. The van der Waals surface area contributed by atoms with E-state index in [4.69, 9.17) is 9.47 Å². The first-order chi connectivity index (χ1) is 13.3. The largest absolute Gasteiger partial charge is 0.469 e. The van der Waals surface area contributed by atoms with Crippen molar-refractivity contribution < 1.29 is 19.1 Å². The van der Waals surface area contributed by atoms with Crippen molar-refractivity contribution in [2.24, 2.45) is 16.4 Å². The van der Waals surface area contributed by atoms with Gasteiger partial charge in [-0.25, -0.2) is 5.01 Å². The average Bonchev–Trinajstić information content (AvgIpc) is 3.18. The highest BCUT2D eigenvalue weighted by Crippen LogP contribution is 2.38. The lowest BCUT2D eigenvalue weighted by molar-refractivity contribution is -0.143. The third-order valence-corrected chi connectivity index (χ3v) is 5.47. The Kier molecular flexibility index (Phi) is 6.06. The van der Waals surface area contributed by atoms with Gasteiger partial charge in [0.1, 0.15) is 0 Å². The highest BCUT2D eigenvalue weighted by atomic mass is 16.5. The molecule has 1 aliphatic heterocycles. The number of rotatable bonds is 5. The van der Waals surface area contributed by atoms with Crippen LogP contribution in [0.25, 0.3) is 0 Å². The van der Waals surface area contributed by atoms with Gasteiger partial charge in [-0.1, -0.05) is 57.9 Å². The second-order valence-electron chi connectivity index (χ2n) is 8.68. The van der Waals surface area contributed by atoms with E-state index in [1.807, 2.05) is 45.0 Å². The zero-order valence-electron chi connectivity index (χ0n) is 17.2. The van der Waals surface area contributed by atoms with Crippen molar-refractivity contribution in [3.8, 4) is 0 Å². The summed E-state index contributed by atoms with van der Waals surface area (Å²) in [7, 11) is 1.45. The third kappa shape index (κ3) is 4.54. The summed E-state index contributed by atoms with van der Waals surface area (Å²) in [5.41, 5.74) is 1.69. The monoisotopic (exact) mass is 386 g/mol. The molecule has 0 spiro atoms. The molecule has 1 aromatic carbocycles. The van der Waals surface area contributed by atoms with Gasteiger partial charge in [-0.3, -0.25) is 9.59 Å². The average molecular weight is 386 g/mol. The topological polar surface area (TPSA) is 68.2 Å². The summed E-state index contributed by atoms with van der Waals surface area (Å²) in [6.07, 6.45) is 4.47. The smallest absolute Gasteiger partial charge is 0.313 e. The van der Waals surface area contributed by atoms with E-state index in [0.29, 0.717) is 18.4 Å². The summed E-state index contributed by atoms with van der Waals surface area (Å²) >= 11 is 0. The number of hydrogen-bond donors (Lipinski definition) is 0. The van der Waals surface area contributed by atoms with Gasteiger partial charge >= 0.3 is 5.97 Å². The van der Waals surface area contributed by atoms with Gasteiger partial charge < -0.3 is 9.47 Å². The van der Waals surface area contributed by atoms with Crippen LogP contribution < -0.4 is 0 Å². The fourth-order valence-electron chi connectivity index (χ4n) is 3.91. The van der Waals surface area contributed by atoms with Crippen LogP contribution in [0.3, 0.4) is 0 Å². The molecule has 1 aromatic rings. The molecule has 0 radical (unpaired) electrons. The molecule has 1 unspecified atom stereocenters. The molecule has 6 heteroatoms. The van der Waals surface area contributed by atoms with E-state index in [9.17, 15) is 9.59 Å². The van der Waals surface area contributed by atoms with Crippen molar-refractivity contribution in [3.05, 3.63) is 35.4 Å². The molecule has 1 heterocycles. The molecule has 1 aliphatic carbocycles. The van der Waals surface area contributed by atoms with Crippen LogP contribution in [0.15, 0.2) is 29.4 Å². The number of ether oxygens (including phenoxy) is 2. The predicted octanol–water partition coefficient (Wildman–Crippen LogP) is 3.85. The first kappa shape index (κ1) is 20.4. The van der Waals surface area contributed by atoms with Gasteiger partial charge in [0.2, 0.25) is 5.90 Å². The van der Waals surface area contributed by atoms with Crippen LogP contribution in [0.1, 0.15) is 63.5 Å². The molecular weight excluding hydrogens is 356 g/mol. The second kappa shape index (κ2) is 8.33. The summed E-state index contributed by atoms with van der Waals surface area (Å²) in [6.45, 7) is 6.41. The van der Waals surface area contributed by atoms with Gasteiger partial charge in [0, 0.05) is 5.41 Å². The first-order valence-electron chi connectivity index (χ1n) is 9.98. The Morgan fingerprint density at radius 3 is 2.46 bits per heavy atom. The lowest BCUT2D eigenvalue weighted by atomic mass is 9.84. The van der Waals surface area contributed by atoms with Crippen molar-refractivity contribution in [2.75, 3.05) is 13.7 Å². The number of carbonyl (C=O) groups excluding carboxylic acids is 2. The third-order valence-electron chi connectivity index (χ3n) is 5.47. The molecule has 1 atom stereocenters. The van der Waals surface area contributed by atoms with Crippen LogP contribution in [0.5, 0.6) is 0 Å². The summed E-state index contributed by atoms with van der Waals surface area (Å²) in [5, 5.41) is 5.86. The minimum atomic E-state index is -0.252. The van der Waals surface area contributed by atoms with Crippen molar-refractivity contribution >= 4 is 17.8 Å². The minimum absolute atomic E-state index is 0.0142. The van der Waals surface area contributed by atoms with E-state index in [0.717, 1.165) is 24.0 Å². The van der Waals surface area contributed by atoms with E-state index < -0.39 is 0 Å². The Labute approximate surface area is 166 Å². The van der Waals surface area contributed by atoms with Crippen molar-refractivity contribution in [1.29, 1.82) is 0 Å². The Bertz CT molecular complexity index is 743. The van der Waals surface area contributed by atoms with Crippen LogP contribution in [0.4, 0.5) is 0 Å². The fraction of sp³-hybridized carbons (Fsp3) is 0.591. The van der Waals surface area contributed by atoms with Gasteiger partial charge in [0.15, 0.2) is 6.61 Å². The number of hydrazone groups is 1. The van der Waals surface area contributed by atoms with Gasteiger partial charge in [-0.15, -0.1) is 5.10 Å². The van der Waals surface area contributed by atoms with E-state index in [1.54, 1.807) is 0 Å². The summed E-state index contributed by atoms with van der Waals surface area (Å²) in [4.78, 5) is 24.5. The maximum absolute atomic E-state index is 12.4. The van der Waals surface area contributed by atoms with Crippen molar-refractivity contribution in [3.63, 3.8) is 0 Å². The highest BCUT2D eigenvalue weighted by molar-refractivity contribution is 5.89. The van der Waals surface area contributed by atoms with E-state index in [1.165, 1.54) is 25.0 Å². The van der Waals surface area contributed by atoms with E-state index in [2.05, 4.69) is 5.10 Å². The van der Waals surface area contributed by atoms with Crippen LogP contribution in [0, 0.1) is 11.3 Å². The molecule has 0 N–H and O–H groups in total. The predicted molar refractivity (Wildman–Crippen MR) is 107 cm³/mol. The molecule has 0 saturated heterocycles. The molecule has 1 fully saturated rings. The van der Waals surface area contributed by atoms with Crippen molar-refractivity contribution in [2.45, 2.75) is 58.9 Å². The lowest BCUT2D eigenvalue weighted by Crippen LogP contribution is -2.40. The zero-order valence-corrected chi connectivity index (χ0v) is 17.2. The standard InChI is InChI=1S/C22H30N2O4/c1-22(2,3)21-23-24(18(25)14-28-21)13-15-9-11-17(12-10-15)19(20(26)27-4)16-7-5-6-8-16/h9-12,16,19H,5-8,13-14H2,1-4H3. The molecule has 0 bridgehead atoms. The molecule has 28 heavy (non-hydrogen) atoms. The zero-order chi connectivity index (χ0) is 20.3. The van der Waals surface area contributed by atoms with Gasteiger partial charge in [0.05, 0.1) is 19.6 Å². The molecule has 1 saturated carbocycles. The maximum atomic E-state index is 12.4. The quantitative estimate of drug-likeness (QED) is 0.721. The number of methoxy groups -OCH3 is 1. The molecule has 1 amide bonds. The normalized spacial score (nSPS) is 19.2. The van der Waals surface area contributed by atoms with E-state index in [-0.39, 0.29) is 29.8 Å². The van der Waals surface area contributed by atoms with Crippen LogP contribution >= 0.6 is 0 Å². The Morgan fingerprint density at radius 2 is 1.89 bits per heavy atom. The Hall–Kier alpha value is -2.37. The number of carbonyl (C=O) groups is 2.